The molecule has 3 heteroatoms. The molecule has 0 amide bonds. The van der Waals surface area contributed by atoms with Gasteiger partial charge in [0.25, 0.3) is 0 Å². The SMILES string of the molecule is Cc1ccc(-c2nc3ccccc3n2CCOc2cc(C)cc(C)c2)cc1. The number of para-hydroxylation sites is 2. The molecule has 3 aromatic carbocycles. The highest BCUT2D eigenvalue weighted by atomic mass is 16.5. The molecular formula is C24H24N2O. The fourth-order valence-electron chi connectivity index (χ4n) is 3.50. The lowest BCUT2D eigenvalue weighted by atomic mass is 10.1. The second-order valence-corrected chi connectivity index (χ2v) is 7.11. The fraction of sp³-hybridized carbons (Fsp3) is 0.208. The van der Waals surface area contributed by atoms with Gasteiger partial charge in [0.15, 0.2) is 0 Å². The molecule has 0 N–H and O–H groups in total. The van der Waals surface area contributed by atoms with Gasteiger partial charge < -0.3 is 9.30 Å². The van der Waals surface area contributed by atoms with Crippen molar-refractivity contribution >= 4 is 11.0 Å². The van der Waals surface area contributed by atoms with Crippen molar-refractivity contribution in [3.63, 3.8) is 0 Å². The summed E-state index contributed by atoms with van der Waals surface area (Å²) >= 11 is 0. The number of imidazole rings is 1. The van der Waals surface area contributed by atoms with E-state index < -0.39 is 0 Å². The van der Waals surface area contributed by atoms with Crippen molar-refractivity contribution < 1.29 is 4.74 Å². The molecule has 27 heavy (non-hydrogen) atoms. The van der Waals surface area contributed by atoms with Crippen LogP contribution in [0.25, 0.3) is 22.4 Å². The van der Waals surface area contributed by atoms with Crippen LogP contribution >= 0.6 is 0 Å². The lowest BCUT2D eigenvalue weighted by molar-refractivity contribution is 0.300. The van der Waals surface area contributed by atoms with Gasteiger partial charge in [-0.3, -0.25) is 0 Å². The molecule has 1 aromatic heterocycles. The van der Waals surface area contributed by atoms with E-state index in [2.05, 4.69) is 86.0 Å². The third-order valence-electron chi connectivity index (χ3n) is 4.74. The van der Waals surface area contributed by atoms with E-state index in [0.717, 1.165) is 34.7 Å². The van der Waals surface area contributed by atoms with Crippen LogP contribution in [0.4, 0.5) is 0 Å². The molecular weight excluding hydrogens is 332 g/mol. The van der Waals surface area contributed by atoms with Gasteiger partial charge in [0.1, 0.15) is 18.2 Å². The van der Waals surface area contributed by atoms with E-state index in [9.17, 15) is 0 Å². The molecule has 4 aromatic rings. The second kappa shape index (κ2) is 7.28. The summed E-state index contributed by atoms with van der Waals surface area (Å²) in [5.74, 6) is 1.91. The maximum atomic E-state index is 6.05. The first-order valence-electron chi connectivity index (χ1n) is 9.33. The van der Waals surface area contributed by atoms with Crippen LogP contribution in [0.2, 0.25) is 0 Å². The Hall–Kier alpha value is -3.07. The summed E-state index contributed by atoms with van der Waals surface area (Å²) in [6, 6.07) is 23.1. The first-order valence-corrected chi connectivity index (χ1v) is 9.33. The number of hydrogen-bond acceptors (Lipinski definition) is 2. The Morgan fingerprint density at radius 3 is 2.26 bits per heavy atom. The number of rotatable bonds is 5. The molecule has 0 bridgehead atoms. The molecule has 0 aliphatic heterocycles. The predicted octanol–water partition coefficient (Wildman–Crippen LogP) is 5.71. The average Bonchev–Trinajstić information content (AvgIpc) is 3.00. The van der Waals surface area contributed by atoms with E-state index in [-0.39, 0.29) is 0 Å². The number of fused-ring (bicyclic) bond motifs is 1. The molecule has 0 radical (unpaired) electrons. The quantitative estimate of drug-likeness (QED) is 0.458. The predicted molar refractivity (Wildman–Crippen MR) is 111 cm³/mol. The summed E-state index contributed by atoms with van der Waals surface area (Å²) < 4.78 is 8.30. The largest absolute Gasteiger partial charge is 0.492 e. The van der Waals surface area contributed by atoms with Gasteiger partial charge in [-0.1, -0.05) is 48.0 Å². The topological polar surface area (TPSA) is 27.1 Å². The lowest BCUT2D eigenvalue weighted by Gasteiger charge is -2.12. The summed E-state index contributed by atoms with van der Waals surface area (Å²) in [4.78, 5) is 4.87. The van der Waals surface area contributed by atoms with Crippen molar-refractivity contribution in [2.45, 2.75) is 27.3 Å². The molecule has 136 valence electrons. The summed E-state index contributed by atoms with van der Waals surface area (Å²) in [6.07, 6.45) is 0. The molecule has 0 atom stereocenters. The van der Waals surface area contributed by atoms with Gasteiger partial charge >= 0.3 is 0 Å². The van der Waals surface area contributed by atoms with Crippen LogP contribution < -0.4 is 4.74 Å². The Labute approximate surface area is 160 Å². The van der Waals surface area contributed by atoms with Crippen LogP contribution in [0.3, 0.4) is 0 Å². The number of aromatic nitrogens is 2. The average molecular weight is 356 g/mol. The summed E-state index contributed by atoms with van der Waals surface area (Å²) in [5, 5.41) is 0. The second-order valence-electron chi connectivity index (χ2n) is 7.11. The highest BCUT2D eigenvalue weighted by Crippen LogP contribution is 2.25. The molecule has 0 saturated heterocycles. The third kappa shape index (κ3) is 3.72. The van der Waals surface area contributed by atoms with Gasteiger partial charge in [-0.05, 0) is 56.2 Å². The molecule has 0 spiro atoms. The first-order chi connectivity index (χ1) is 13.1. The van der Waals surface area contributed by atoms with Crippen molar-refractivity contribution in [2.75, 3.05) is 6.61 Å². The van der Waals surface area contributed by atoms with Crippen LogP contribution in [0.15, 0.2) is 66.7 Å². The van der Waals surface area contributed by atoms with Crippen LogP contribution in [-0.4, -0.2) is 16.2 Å². The number of hydrogen-bond donors (Lipinski definition) is 0. The molecule has 0 saturated carbocycles. The number of benzene rings is 3. The zero-order valence-electron chi connectivity index (χ0n) is 16.1. The molecule has 1 heterocycles. The standard InChI is InChI=1S/C24H24N2O/c1-17-8-10-20(11-9-17)24-25-22-6-4-5-7-23(22)26(24)12-13-27-21-15-18(2)14-19(3)16-21/h4-11,14-16H,12-13H2,1-3H3. The lowest BCUT2D eigenvalue weighted by Crippen LogP contribution is -2.09. The van der Waals surface area contributed by atoms with Crippen molar-refractivity contribution in [3.8, 4) is 17.1 Å². The zero-order chi connectivity index (χ0) is 18.8. The Morgan fingerprint density at radius 2 is 1.52 bits per heavy atom. The van der Waals surface area contributed by atoms with Crippen molar-refractivity contribution in [2.24, 2.45) is 0 Å². The Balaban J connectivity index is 1.63. The minimum absolute atomic E-state index is 0.599. The van der Waals surface area contributed by atoms with E-state index in [0.29, 0.717) is 6.61 Å². The van der Waals surface area contributed by atoms with Crippen LogP contribution in [0, 0.1) is 20.8 Å². The third-order valence-corrected chi connectivity index (χ3v) is 4.74. The summed E-state index contributed by atoms with van der Waals surface area (Å²) in [7, 11) is 0. The van der Waals surface area contributed by atoms with E-state index in [1.165, 1.54) is 16.7 Å². The smallest absolute Gasteiger partial charge is 0.141 e. The number of ether oxygens (including phenoxy) is 1. The Kier molecular flexibility index (Phi) is 4.68. The van der Waals surface area contributed by atoms with Crippen LogP contribution in [0.5, 0.6) is 5.75 Å². The van der Waals surface area contributed by atoms with Gasteiger partial charge in [-0.25, -0.2) is 4.98 Å². The minimum Gasteiger partial charge on any atom is -0.492 e. The molecule has 4 rings (SSSR count). The normalized spacial score (nSPS) is 11.1. The van der Waals surface area contributed by atoms with E-state index >= 15 is 0 Å². The Morgan fingerprint density at radius 1 is 0.815 bits per heavy atom. The van der Waals surface area contributed by atoms with Crippen molar-refractivity contribution in [1.82, 2.24) is 9.55 Å². The summed E-state index contributed by atoms with van der Waals surface area (Å²) in [5.41, 5.74) is 6.97. The highest BCUT2D eigenvalue weighted by Gasteiger charge is 2.12. The van der Waals surface area contributed by atoms with Gasteiger partial charge in [0.05, 0.1) is 17.6 Å². The fourth-order valence-corrected chi connectivity index (χ4v) is 3.50. The first kappa shape index (κ1) is 17.3. The molecule has 0 aliphatic rings. The van der Waals surface area contributed by atoms with Crippen molar-refractivity contribution in [1.29, 1.82) is 0 Å². The van der Waals surface area contributed by atoms with E-state index in [4.69, 9.17) is 9.72 Å². The van der Waals surface area contributed by atoms with Gasteiger partial charge in [-0.2, -0.15) is 0 Å². The maximum Gasteiger partial charge on any atom is 0.141 e. The van der Waals surface area contributed by atoms with Crippen molar-refractivity contribution in [3.05, 3.63) is 83.4 Å². The van der Waals surface area contributed by atoms with Crippen LogP contribution in [0.1, 0.15) is 16.7 Å². The van der Waals surface area contributed by atoms with E-state index in [1.807, 2.05) is 6.07 Å². The van der Waals surface area contributed by atoms with Gasteiger partial charge in [0, 0.05) is 5.56 Å². The maximum absolute atomic E-state index is 6.05. The van der Waals surface area contributed by atoms with Crippen LogP contribution in [-0.2, 0) is 6.54 Å². The number of nitrogens with zero attached hydrogens (tertiary/aromatic N) is 2. The molecule has 0 aliphatic carbocycles. The van der Waals surface area contributed by atoms with Gasteiger partial charge in [-0.15, -0.1) is 0 Å². The molecule has 0 fully saturated rings. The summed E-state index contributed by atoms with van der Waals surface area (Å²) in [6.45, 7) is 7.64. The monoisotopic (exact) mass is 356 g/mol. The minimum atomic E-state index is 0.599. The molecule has 3 nitrogen and oxygen atoms in total. The zero-order valence-corrected chi connectivity index (χ0v) is 16.1. The Bertz CT molecular complexity index is 1060. The highest BCUT2D eigenvalue weighted by molar-refractivity contribution is 5.80. The van der Waals surface area contributed by atoms with Gasteiger partial charge in [0.2, 0.25) is 0 Å². The molecule has 0 unspecified atom stereocenters. The van der Waals surface area contributed by atoms with E-state index in [1.54, 1.807) is 0 Å². The number of aryl methyl sites for hydroxylation is 3.